The van der Waals surface area contributed by atoms with E-state index in [0.29, 0.717) is 0 Å². The van der Waals surface area contributed by atoms with Crippen LogP contribution in [0.25, 0.3) is 0 Å². The summed E-state index contributed by atoms with van der Waals surface area (Å²) in [5.41, 5.74) is 3.63. The van der Waals surface area contributed by atoms with Crippen molar-refractivity contribution < 1.29 is 0 Å². The van der Waals surface area contributed by atoms with Crippen LogP contribution < -0.4 is 8.59 Å². The van der Waals surface area contributed by atoms with Gasteiger partial charge in [0.15, 0.2) is 0 Å². The number of para-hydroxylation sites is 3. The highest BCUT2D eigenvalue weighted by Gasteiger charge is 2.14. The van der Waals surface area contributed by atoms with E-state index in [0.717, 1.165) is 0 Å². The van der Waals surface area contributed by atoms with Gasteiger partial charge in [-0.3, -0.25) is 12.9 Å². The van der Waals surface area contributed by atoms with Gasteiger partial charge in [0, 0.05) is 17.1 Å². The van der Waals surface area contributed by atoms with Gasteiger partial charge in [0.1, 0.15) is 0 Å². The topological polar surface area (TPSA) is 3.24 Å². The van der Waals surface area contributed by atoms with Crippen LogP contribution in [0, 0.1) is 0 Å². The molecule has 3 heteroatoms. The van der Waals surface area contributed by atoms with Crippen molar-refractivity contribution in [3.63, 3.8) is 0 Å². The Bertz CT molecular complexity index is 661. The molecule has 0 aliphatic carbocycles. The summed E-state index contributed by atoms with van der Waals surface area (Å²) >= 11 is 3.31. The zero-order valence-electron chi connectivity index (χ0n) is 11.6. The third-order valence-corrected chi connectivity index (χ3v) is 6.10. The minimum atomic E-state index is -0.419. The fourth-order valence-corrected chi connectivity index (χ4v) is 4.48. The highest BCUT2D eigenvalue weighted by Crippen LogP contribution is 2.32. The van der Waals surface area contributed by atoms with Gasteiger partial charge in [-0.1, -0.05) is 54.6 Å². The smallest absolute Gasteiger partial charge is 0.313 e. The highest BCUT2D eigenvalue weighted by molar-refractivity contribution is 9.23. The first kappa shape index (κ1) is 14.6. The molecule has 0 saturated carbocycles. The van der Waals surface area contributed by atoms with Crippen LogP contribution in [0.2, 0.25) is 0 Å². The zero-order chi connectivity index (χ0) is 14.5. The summed E-state index contributed by atoms with van der Waals surface area (Å²) in [4.78, 5) is 2.32. The first-order valence-electron chi connectivity index (χ1n) is 6.94. The van der Waals surface area contributed by atoms with Crippen molar-refractivity contribution in [2.24, 2.45) is 0 Å². The van der Waals surface area contributed by atoms with E-state index in [2.05, 4.69) is 103 Å². The molecule has 100 valence electrons. The summed E-state index contributed by atoms with van der Waals surface area (Å²) in [6.07, 6.45) is 0. The van der Waals surface area contributed by atoms with E-state index < -0.39 is 18.2 Å². The molecule has 3 rings (SSSR count). The molecule has 0 aliphatic heterocycles. The molecule has 21 heavy (non-hydrogen) atoms. The Balaban J connectivity index is 2.17. The molecule has 0 heterocycles. The molecule has 0 aliphatic rings. The normalized spacial score (nSPS) is 9.95. The average molecular weight is 349 g/mol. The molecular weight excluding hydrogens is 334 g/mol. The summed E-state index contributed by atoms with van der Waals surface area (Å²) in [7, 11) is 0. The maximum atomic E-state index is 3.73. The molecule has 3 aromatic rings. The largest absolute Gasteiger partial charge is 0.510 e. The lowest BCUT2D eigenvalue weighted by atomic mass is 10.2. The number of halogens is 1. The summed E-state index contributed by atoms with van der Waals surface area (Å²) in [6.45, 7) is 0. The van der Waals surface area contributed by atoms with Crippen LogP contribution in [-0.4, -0.2) is 18.2 Å². The van der Waals surface area contributed by atoms with Crippen molar-refractivity contribution in [1.29, 1.82) is 0 Å². The lowest BCUT2D eigenvalue weighted by Gasteiger charge is -2.27. The SMILES string of the molecule is [Br][Mg][c]1ccccc1N(c1ccccc1)c1ccccc1. The number of benzene rings is 3. The van der Waals surface area contributed by atoms with Crippen molar-refractivity contribution in [2.75, 3.05) is 4.90 Å². The van der Waals surface area contributed by atoms with E-state index in [-0.39, 0.29) is 0 Å². The molecule has 3 aromatic carbocycles. The number of hydrogen-bond acceptors (Lipinski definition) is 1. The lowest BCUT2D eigenvalue weighted by Crippen LogP contribution is -2.21. The molecule has 0 radical (unpaired) electrons. The number of anilines is 3. The maximum absolute atomic E-state index is 3.73. The van der Waals surface area contributed by atoms with Crippen LogP contribution >= 0.6 is 12.9 Å². The predicted octanol–water partition coefficient (Wildman–Crippen LogP) is 4.80. The lowest BCUT2D eigenvalue weighted by molar-refractivity contribution is 1.29. The highest BCUT2D eigenvalue weighted by atomic mass is 79.9. The molecule has 0 amide bonds. The van der Waals surface area contributed by atoms with Gasteiger partial charge in [-0.25, -0.2) is 0 Å². The number of nitrogens with zero attached hydrogens (tertiary/aromatic N) is 1. The molecule has 1 nitrogen and oxygen atoms in total. The van der Waals surface area contributed by atoms with E-state index in [1.54, 1.807) is 0 Å². The molecule has 0 saturated heterocycles. The Labute approximate surface area is 141 Å². The van der Waals surface area contributed by atoms with Crippen LogP contribution in [0.3, 0.4) is 0 Å². The summed E-state index contributed by atoms with van der Waals surface area (Å²) in [5.74, 6) is 0. The predicted molar refractivity (Wildman–Crippen MR) is 95.4 cm³/mol. The van der Waals surface area contributed by atoms with Gasteiger partial charge in [0.2, 0.25) is 0 Å². The molecule has 0 N–H and O–H groups in total. The van der Waals surface area contributed by atoms with Gasteiger partial charge in [-0.05, 0) is 30.3 Å². The Morgan fingerprint density at radius 1 is 0.619 bits per heavy atom. The van der Waals surface area contributed by atoms with Crippen molar-refractivity contribution in [3.05, 3.63) is 84.9 Å². The van der Waals surface area contributed by atoms with E-state index in [9.17, 15) is 0 Å². The zero-order valence-corrected chi connectivity index (χ0v) is 14.6. The minimum absolute atomic E-state index is 0.419. The molecule has 0 unspecified atom stereocenters. The van der Waals surface area contributed by atoms with Gasteiger partial charge in [-0.15, -0.1) is 3.69 Å². The molecule has 0 bridgehead atoms. The molecule has 0 aromatic heterocycles. The van der Waals surface area contributed by atoms with E-state index in [4.69, 9.17) is 0 Å². The second kappa shape index (κ2) is 7.12. The van der Waals surface area contributed by atoms with E-state index >= 15 is 0 Å². The molecular formula is C18H14BrMgN. The van der Waals surface area contributed by atoms with Gasteiger partial charge in [-0.2, -0.15) is 0 Å². The van der Waals surface area contributed by atoms with Gasteiger partial charge in [0.25, 0.3) is 0 Å². The van der Waals surface area contributed by atoms with Gasteiger partial charge < -0.3 is 4.90 Å². The van der Waals surface area contributed by atoms with Gasteiger partial charge >= 0.3 is 18.2 Å². The third-order valence-electron chi connectivity index (χ3n) is 3.41. The van der Waals surface area contributed by atoms with Crippen LogP contribution in [0.1, 0.15) is 0 Å². The second-order valence-electron chi connectivity index (χ2n) is 4.77. The van der Waals surface area contributed by atoms with Crippen LogP contribution in [-0.2, 0) is 0 Å². The quantitative estimate of drug-likeness (QED) is 0.613. The summed E-state index contributed by atoms with van der Waals surface area (Å²) in [5, 5.41) is 0. The minimum Gasteiger partial charge on any atom is -0.313 e. The Morgan fingerprint density at radius 3 is 1.62 bits per heavy atom. The number of rotatable bonds is 4. The average Bonchev–Trinajstić information content (AvgIpc) is 2.58. The summed E-state index contributed by atoms with van der Waals surface area (Å²) < 4.78 is 1.41. The first-order chi connectivity index (χ1) is 10.4. The fraction of sp³-hybridized carbons (Fsp3) is 0. The maximum Gasteiger partial charge on any atom is 0.510 e. The molecule has 0 atom stereocenters. The van der Waals surface area contributed by atoms with Crippen LogP contribution in [0.15, 0.2) is 84.9 Å². The third kappa shape index (κ3) is 3.31. The van der Waals surface area contributed by atoms with Gasteiger partial charge in [0.05, 0.1) is 0 Å². The monoisotopic (exact) mass is 347 g/mol. The molecule has 0 fully saturated rings. The Morgan fingerprint density at radius 2 is 1.10 bits per heavy atom. The van der Waals surface area contributed by atoms with Crippen LogP contribution in [0.5, 0.6) is 0 Å². The number of hydrogen-bond donors (Lipinski definition) is 0. The van der Waals surface area contributed by atoms with Crippen molar-refractivity contribution in [1.82, 2.24) is 0 Å². The summed E-state index contributed by atoms with van der Waals surface area (Å²) in [6, 6.07) is 29.7. The second-order valence-corrected chi connectivity index (χ2v) is 7.48. The van der Waals surface area contributed by atoms with Crippen molar-refractivity contribution in [2.45, 2.75) is 0 Å². The standard InChI is InChI=1S/C18H14N.BrH.Mg/c1-4-10-16(11-5-1)19(17-12-6-2-7-13-17)18-14-8-3-9-15-18;;/h1-14H;1H;/q;;+1/p-1. The molecule has 0 spiro atoms. The van der Waals surface area contributed by atoms with Crippen LogP contribution in [0.4, 0.5) is 17.1 Å². The Hall–Kier alpha value is -1.29. The van der Waals surface area contributed by atoms with Crippen molar-refractivity contribution >= 4 is 51.8 Å². The Kier molecular flexibility index (Phi) is 4.96. The van der Waals surface area contributed by atoms with Crippen molar-refractivity contribution in [3.8, 4) is 0 Å². The first-order valence-corrected chi connectivity index (χ1v) is 11.5. The van der Waals surface area contributed by atoms with E-state index in [1.165, 1.54) is 20.8 Å². The fourth-order valence-electron chi connectivity index (χ4n) is 2.42. The van der Waals surface area contributed by atoms with E-state index in [1.807, 2.05) is 0 Å².